The van der Waals surface area contributed by atoms with Crippen LogP contribution >= 0.6 is 0 Å². The lowest BCUT2D eigenvalue weighted by Gasteiger charge is -2.41. The van der Waals surface area contributed by atoms with Gasteiger partial charge in [-0.25, -0.2) is 0 Å². The molecule has 0 aromatic carbocycles. The molecule has 1 rings (SSSR count). The van der Waals surface area contributed by atoms with Gasteiger partial charge < -0.3 is 19.5 Å². The summed E-state index contributed by atoms with van der Waals surface area (Å²) in [7, 11) is 3.91. The molecule has 0 aromatic rings. The van der Waals surface area contributed by atoms with Crippen molar-refractivity contribution >= 4 is 0 Å². The topological polar surface area (TPSA) is 65.7 Å². The SMILES string of the molecule is CC1CC(N(C)C)C(OCCC#N)C(O)O1. The second-order valence-corrected chi connectivity index (χ2v) is 4.35. The third kappa shape index (κ3) is 3.42. The lowest BCUT2D eigenvalue weighted by Crippen LogP contribution is -2.54. The van der Waals surface area contributed by atoms with E-state index in [1.807, 2.05) is 32.0 Å². The normalized spacial score (nSPS) is 35.0. The molecule has 1 heterocycles. The van der Waals surface area contributed by atoms with Gasteiger partial charge in [-0.15, -0.1) is 0 Å². The molecule has 4 atom stereocenters. The minimum absolute atomic E-state index is 0.0261. The van der Waals surface area contributed by atoms with E-state index in [1.165, 1.54) is 0 Å². The van der Waals surface area contributed by atoms with Gasteiger partial charge in [-0.3, -0.25) is 0 Å². The quantitative estimate of drug-likeness (QED) is 0.703. The zero-order chi connectivity index (χ0) is 12.1. The second-order valence-electron chi connectivity index (χ2n) is 4.35. The zero-order valence-corrected chi connectivity index (χ0v) is 10.1. The van der Waals surface area contributed by atoms with Gasteiger partial charge in [-0.1, -0.05) is 0 Å². The van der Waals surface area contributed by atoms with Crippen LogP contribution < -0.4 is 0 Å². The predicted octanol–water partition coefficient (Wildman–Crippen LogP) is 0.343. The van der Waals surface area contributed by atoms with Crippen LogP contribution in [-0.4, -0.2) is 55.2 Å². The molecule has 1 N–H and O–H groups in total. The molecular weight excluding hydrogens is 208 g/mol. The summed E-state index contributed by atoms with van der Waals surface area (Å²) in [5, 5.41) is 18.2. The van der Waals surface area contributed by atoms with Crippen molar-refractivity contribution in [3.63, 3.8) is 0 Å². The number of rotatable bonds is 4. The van der Waals surface area contributed by atoms with Gasteiger partial charge in [-0.2, -0.15) is 5.26 Å². The van der Waals surface area contributed by atoms with Crippen LogP contribution in [0.5, 0.6) is 0 Å². The lowest BCUT2D eigenvalue weighted by molar-refractivity contribution is -0.243. The van der Waals surface area contributed by atoms with E-state index < -0.39 is 6.29 Å². The monoisotopic (exact) mass is 228 g/mol. The highest BCUT2D eigenvalue weighted by molar-refractivity contribution is 4.86. The molecule has 0 radical (unpaired) electrons. The van der Waals surface area contributed by atoms with Crippen molar-refractivity contribution in [1.29, 1.82) is 5.26 Å². The van der Waals surface area contributed by atoms with Gasteiger partial charge in [0.2, 0.25) is 0 Å². The Kier molecular flexibility index (Phi) is 5.16. The molecule has 5 heteroatoms. The maximum absolute atomic E-state index is 9.80. The molecule has 5 nitrogen and oxygen atoms in total. The third-order valence-electron chi connectivity index (χ3n) is 2.79. The van der Waals surface area contributed by atoms with Gasteiger partial charge in [0.05, 0.1) is 25.2 Å². The van der Waals surface area contributed by atoms with Crippen LogP contribution in [0.1, 0.15) is 19.8 Å². The summed E-state index contributed by atoms with van der Waals surface area (Å²) in [6, 6.07) is 2.14. The van der Waals surface area contributed by atoms with Crippen LogP contribution in [0, 0.1) is 11.3 Å². The highest BCUT2D eigenvalue weighted by Crippen LogP contribution is 2.24. The zero-order valence-electron chi connectivity index (χ0n) is 10.1. The first-order valence-electron chi connectivity index (χ1n) is 5.54. The number of aliphatic hydroxyl groups is 1. The summed E-state index contributed by atoms with van der Waals surface area (Å²) in [4.78, 5) is 2.03. The Bertz CT molecular complexity index is 252. The Morgan fingerprint density at radius 2 is 2.25 bits per heavy atom. The molecule has 92 valence electrons. The van der Waals surface area contributed by atoms with Gasteiger partial charge in [0.25, 0.3) is 0 Å². The Hall–Kier alpha value is -0.670. The molecule has 1 saturated heterocycles. The average molecular weight is 228 g/mol. The average Bonchev–Trinajstić information content (AvgIpc) is 2.20. The van der Waals surface area contributed by atoms with Gasteiger partial charge in [0.15, 0.2) is 6.29 Å². The molecule has 0 saturated carbocycles. The Morgan fingerprint density at radius 3 is 2.81 bits per heavy atom. The van der Waals surface area contributed by atoms with Crippen molar-refractivity contribution < 1.29 is 14.6 Å². The van der Waals surface area contributed by atoms with Crippen LogP contribution in [0.3, 0.4) is 0 Å². The fraction of sp³-hybridized carbons (Fsp3) is 0.909. The van der Waals surface area contributed by atoms with E-state index in [2.05, 4.69) is 0 Å². The van der Waals surface area contributed by atoms with E-state index >= 15 is 0 Å². The van der Waals surface area contributed by atoms with Crippen molar-refractivity contribution in [2.75, 3.05) is 20.7 Å². The number of hydrogen-bond donors (Lipinski definition) is 1. The highest BCUT2D eigenvalue weighted by Gasteiger charge is 2.38. The van der Waals surface area contributed by atoms with E-state index in [9.17, 15) is 5.11 Å². The minimum atomic E-state index is -0.908. The van der Waals surface area contributed by atoms with Crippen molar-refractivity contribution in [2.24, 2.45) is 0 Å². The molecule has 16 heavy (non-hydrogen) atoms. The smallest absolute Gasteiger partial charge is 0.182 e. The summed E-state index contributed by atoms with van der Waals surface area (Å²) in [5.74, 6) is 0. The summed E-state index contributed by atoms with van der Waals surface area (Å²) in [6.07, 6.45) is -0.104. The van der Waals surface area contributed by atoms with Crippen LogP contribution in [-0.2, 0) is 9.47 Å². The first-order chi connectivity index (χ1) is 7.56. The Balaban J connectivity index is 2.57. The third-order valence-corrected chi connectivity index (χ3v) is 2.79. The summed E-state index contributed by atoms with van der Waals surface area (Å²) in [5.41, 5.74) is 0. The molecule has 0 spiro atoms. The number of aliphatic hydroxyl groups excluding tert-OH is 1. The first-order valence-corrected chi connectivity index (χ1v) is 5.54. The van der Waals surface area contributed by atoms with Crippen LogP contribution in [0.25, 0.3) is 0 Å². The maximum atomic E-state index is 9.80. The molecule has 4 unspecified atom stereocenters. The molecule has 1 fully saturated rings. The van der Waals surface area contributed by atoms with E-state index in [0.717, 1.165) is 6.42 Å². The van der Waals surface area contributed by atoms with Crippen molar-refractivity contribution in [3.8, 4) is 6.07 Å². The molecule has 0 amide bonds. The van der Waals surface area contributed by atoms with Crippen molar-refractivity contribution in [1.82, 2.24) is 4.90 Å². The summed E-state index contributed by atoms with van der Waals surface area (Å²) >= 11 is 0. The van der Waals surface area contributed by atoms with E-state index in [0.29, 0.717) is 13.0 Å². The molecule has 1 aliphatic rings. The largest absolute Gasteiger partial charge is 0.370 e. The van der Waals surface area contributed by atoms with Gasteiger partial charge in [-0.05, 0) is 27.4 Å². The van der Waals surface area contributed by atoms with E-state index in [1.54, 1.807) is 0 Å². The minimum Gasteiger partial charge on any atom is -0.370 e. The van der Waals surface area contributed by atoms with Gasteiger partial charge in [0, 0.05) is 6.04 Å². The Morgan fingerprint density at radius 1 is 1.56 bits per heavy atom. The van der Waals surface area contributed by atoms with Crippen LogP contribution in [0.4, 0.5) is 0 Å². The molecular formula is C11H20N2O3. The predicted molar refractivity (Wildman–Crippen MR) is 58.6 cm³/mol. The number of likely N-dealkylation sites (N-methyl/N-ethyl adjacent to an activating group) is 1. The first kappa shape index (κ1) is 13.4. The number of nitriles is 1. The van der Waals surface area contributed by atoms with Gasteiger partial charge in [0.1, 0.15) is 6.10 Å². The number of hydrogen-bond acceptors (Lipinski definition) is 5. The van der Waals surface area contributed by atoms with Crippen LogP contribution in [0.2, 0.25) is 0 Å². The summed E-state index contributed by atoms with van der Waals surface area (Å²) in [6.45, 7) is 2.27. The summed E-state index contributed by atoms with van der Waals surface area (Å²) < 4.78 is 10.8. The Labute approximate surface area is 96.6 Å². The van der Waals surface area contributed by atoms with Crippen LogP contribution in [0.15, 0.2) is 0 Å². The molecule has 0 bridgehead atoms. The van der Waals surface area contributed by atoms with E-state index in [4.69, 9.17) is 14.7 Å². The molecule has 0 aromatic heterocycles. The fourth-order valence-corrected chi connectivity index (χ4v) is 1.97. The standard InChI is InChI=1S/C11H20N2O3/c1-8-7-9(13(2)3)10(11(14)16-8)15-6-4-5-12/h8-11,14H,4,6-7H2,1-3H3. The van der Waals surface area contributed by atoms with E-state index in [-0.39, 0.29) is 18.2 Å². The molecule has 0 aliphatic carbocycles. The van der Waals surface area contributed by atoms with Crippen molar-refractivity contribution in [2.45, 2.75) is 44.3 Å². The fourth-order valence-electron chi connectivity index (χ4n) is 1.97. The molecule has 1 aliphatic heterocycles. The number of ether oxygens (including phenoxy) is 2. The number of nitrogens with zero attached hydrogens (tertiary/aromatic N) is 2. The second kappa shape index (κ2) is 6.16. The van der Waals surface area contributed by atoms with Gasteiger partial charge >= 0.3 is 0 Å². The highest BCUT2D eigenvalue weighted by atomic mass is 16.6. The maximum Gasteiger partial charge on any atom is 0.182 e. The lowest BCUT2D eigenvalue weighted by atomic mass is 9.99. The van der Waals surface area contributed by atoms with Crippen molar-refractivity contribution in [3.05, 3.63) is 0 Å².